The first-order valence-corrected chi connectivity index (χ1v) is 21.3. The maximum absolute atomic E-state index is 9.58. The second kappa shape index (κ2) is 15.2. The number of benzene rings is 9. The third-order valence-corrected chi connectivity index (χ3v) is 12.2. The topological polar surface area (TPSA) is 72.3 Å². The zero-order valence-corrected chi connectivity index (χ0v) is 34.5. The lowest BCUT2D eigenvalue weighted by Crippen LogP contribution is -2.04. The molecule has 0 bridgehead atoms. The Bertz CT molecular complexity index is 3770. The highest BCUT2D eigenvalue weighted by molar-refractivity contribution is 6.22. The summed E-state index contributed by atoms with van der Waals surface area (Å²) in [4.78, 5) is 15.5. The zero-order chi connectivity index (χ0) is 42.6. The molecule has 0 N–H and O–H groups in total. The molecule has 0 fully saturated rings. The van der Waals surface area contributed by atoms with E-state index in [2.05, 4.69) is 173 Å². The van der Waals surface area contributed by atoms with Crippen molar-refractivity contribution in [1.82, 2.24) is 24.1 Å². The average Bonchev–Trinajstić information content (AvgIpc) is 3.90. The van der Waals surface area contributed by atoms with Gasteiger partial charge in [-0.3, -0.25) is 0 Å². The number of nitriles is 1. The van der Waals surface area contributed by atoms with E-state index in [9.17, 15) is 5.26 Å². The van der Waals surface area contributed by atoms with Gasteiger partial charge in [-0.1, -0.05) is 146 Å². The highest BCUT2D eigenvalue weighted by Gasteiger charge is 2.23. The van der Waals surface area contributed by atoms with Gasteiger partial charge in [0.1, 0.15) is 0 Å². The van der Waals surface area contributed by atoms with Crippen LogP contribution in [0.15, 0.2) is 218 Å². The van der Waals surface area contributed by atoms with Gasteiger partial charge < -0.3 is 9.13 Å². The van der Waals surface area contributed by atoms with Crippen molar-refractivity contribution in [2.75, 3.05) is 0 Å². The van der Waals surface area contributed by atoms with Gasteiger partial charge in [-0.25, -0.2) is 15.0 Å². The molecule has 64 heavy (non-hydrogen) atoms. The Morgan fingerprint density at radius 1 is 0.344 bits per heavy atom. The van der Waals surface area contributed by atoms with Crippen molar-refractivity contribution < 1.29 is 0 Å². The summed E-state index contributed by atoms with van der Waals surface area (Å²) in [6.45, 7) is 0. The van der Waals surface area contributed by atoms with E-state index in [0.717, 1.165) is 72.1 Å². The first-order chi connectivity index (χ1) is 31.7. The van der Waals surface area contributed by atoms with Crippen LogP contribution in [-0.2, 0) is 0 Å². The van der Waals surface area contributed by atoms with Crippen LogP contribution in [-0.4, -0.2) is 24.1 Å². The number of hydrogen-bond acceptors (Lipinski definition) is 4. The fraction of sp³-hybridized carbons (Fsp3) is 0. The van der Waals surface area contributed by atoms with E-state index in [1.807, 2.05) is 48.5 Å². The van der Waals surface area contributed by atoms with Crippen molar-refractivity contribution in [2.45, 2.75) is 0 Å². The lowest BCUT2D eigenvalue weighted by molar-refractivity contribution is 1.06. The van der Waals surface area contributed by atoms with Gasteiger partial charge in [0.25, 0.3) is 0 Å². The van der Waals surface area contributed by atoms with Crippen LogP contribution in [0.4, 0.5) is 0 Å². The Kier molecular flexibility index (Phi) is 8.77. The highest BCUT2D eigenvalue weighted by atomic mass is 15.1. The Balaban J connectivity index is 1.15. The molecule has 0 aliphatic heterocycles. The minimum Gasteiger partial charge on any atom is -0.309 e. The largest absolute Gasteiger partial charge is 0.309 e. The summed E-state index contributed by atoms with van der Waals surface area (Å²) in [6, 6.07) is 78.2. The Hall–Kier alpha value is -8.92. The fourth-order valence-corrected chi connectivity index (χ4v) is 9.35. The molecule has 0 saturated carbocycles. The molecule has 0 saturated heterocycles. The van der Waals surface area contributed by atoms with Crippen LogP contribution >= 0.6 is 0 Å². The predicted octanol–water partition coefficient (Wildman–Crippen LogP) is 14.3. The van der Waals surface area contributed by atoms with Crippen molar-refractivity contribution in [2.24, 2.45) is 0 Å². The summed E-state index contributed by atoms with van der Waals surface area (Å²) in [5.74, 6) is 1.64. The third kappa shape index (κ3) is 6.06. The molecule has 12 aromatic rings. The monoisotopic (exact) mass is 816 g/mol. The van der Waals surface area contributed by atoms with Crippen LogP contribution in [0.3, 0.4) is 0 Å². The van der Waals surface area contributed by atoms with E-state index >= 15 is 0 Å². The fourth-order valence-electron chi connectivity index (χ4n) is 9.35. The van der Waals surface area contributed by atoms with Gasteiger partial charge in [-0.2, -0.15) is 5.26 Å². The van der Waals surface area contributed by atoms with Crippen LogP contribution in [0, 0.1) is 11.3 Å². The van der Waals surface area contributed by atoms with Gasteiger partial charge >= 0.3 is 0 Å². The molecule has 3 aromatic heterocycles. The second-order valence-corrected chi connectivity index (χ2v) is 15.9. The van der Waals surface area contributed by atoms with Gasteiger partial charge in [-0.05, 0) is 95.1 Å². The Labute approximate surface area is 369 Å². The molecule has 298 valence electrons. The number of fused-ring (bicyclic) bond motifs is 6. The standard InChI is InChI=1S/C58H36N6/c59-37-38-30-32-41(33-31-38)57-60-56(40-18-6-2-7-19-40)61-58(62-57)48-35-34-42(39-16-4-1-5-17-39)36-53(48)64-50-27-13-11-23-47(50)55-45(25-15-29-52(55)64)44-24-14-28-51-54(44)46-22-10-12-26-49(46)63(51)43-20-8-3-9-21-43/h1-36H. The summed E-state index contributed by atoms with van der Waals surface area (Å²) in [6.07, 6.45) is 0. The molecule has 0 unspecified atom stereocenters. The minimum absolute atomic E-state index is 0.527. The second-order valence-electron chi connectivity index (χ2n) is 15.9. The number of rotatable bonds is 7. The zero-order valence-electron chi connectivity index (χ0n) is 34.5. The quantitative estimate of drug-likeness (QED) is 0.161. The van der Waals surface area contributed by atoms with Gasteiger partial charge in [0, 0.05) is 43.9 Å². The number of hydrogen-bond donors (Lipinski definition) is 0. The van der Waals surface area contributed by atoms with Gasteiger partial charge in [-0.15, -0.1) is 0 Å². The molecule has 0 amide bonds. The van der Waals surface area contributed by atoms with Gasteiger partial charge in [0.2, 0.25) is 0 Å². The van der Waals surface area contributed by atoms with Crippen molar-refractivity contribution in [1.29, 1.82) is 5.26 Å². The van der Waals surface area contributed by atoms with E-state index < -0.39 is 0 Å². The van der Waals surface area contributed by atoms with Crippen molar-refractivity contribution in [3.8, 4) is 73.9 Å². The molecule has 6 heteroatoms. The van der Waals surface area contributed by atoms with E-state index in [4.69, 9.17) is 15.0 Å². The molecule has 0 spiro atoms. The SMILES string of the molecule is N#Cc1ccc(-c2nc(-c3ccccc3)nc(-c3ccc(-c4ccccc4)cc3-n3c4ccccc4c4c(-c5cccc6c5c5ccccc5n6-c5ccccc5)cccc43)n2)cc1. The Morgan fingerprint density at radius 3 is 1.42 bits per heavy atom. The smallest absolute Gasteiger partial charge is 0.166 e. The first kappa shape index (κ1) is 36.9. The van der Waals surface area contributed by atoms with Crippen molar-refractivity contribution in [3.63, 3.8) is 0 Å². The van der Waals surface area contributed by atoms with Crippen LogP contribution in [0.25, 0.3) is 111 Å². The lowest BCUT2D eigenvalue weighted by atomic mass is 9.95. The molecule has 0 aliphatic rings. The van der Waals surface area contributed by atoms with Crippen molar-refractivity contribution in [3.05, 3.63) is 224 Å². The molecule has 0 radical (unpaired) electrons. The summed E-state index contributed by atoms with van der Waals surface area (Å²) < 4.78 is 4.76. The van der Waals surface area contributed by atoms with Gasteiger partial charge in [0.15, 0.2) is 17.5 Å². The highest BCUT2D eigenvalue weighted by Crippen LogP contribution is 2.45. The number of aromatic nitrogens is 5. The predicted molar refractivity (Wildman–Crippen MR) is 260 cm³/mol. The van der Waals surface area contributed by atoms with E-state index in [0.29, 0.717) is 23.0 Å². The summed E-state index contributed by atoms with van der Waals surface area (Å²) in [5, 5.41) is 14.3. The molecule has 0 aliphatic carbocycles. The van der Waals surface area contributed by atoms with Crippen LogP contribution < -0.4 is 0 Å². The van der Waals surface area contributed by atoms with E-state index in [1.54, 1.807) is 12.1 Å². The molecule has 12 rings (SSSR count). The summed E-state index contributed by atoms with van der Waals surface area (Å²) in [7, 11) is 0. The normalized spacial score (nSPS) is 11.4. The minimum atomic E-state index is 0.527. The maximum Gasteiger partial charge on any atom is 0.166 e. The summed E-state index contributed by atoms with van der Waals surface area (Å²) in [5.41, 5.74) is 14.2. The first-order valence-electron chi connectivity index (χ1n) is 21.3. The Morgan fingerprint density at radius 2 is 0.812 bits per heavy atom. The molecule has 0 atom stereocenters. The molecule has 9 aromatic carbocycles. The lowest BCUT2D eigenvalue weighted by Gasteiger charge is -2.17. The van der Waals surface area contributed by atoms with Crippen LogP contribution in [0.5, 0.6) is 0 Å². The average molecular weight is 817 g/mol. The maximum atomic E-state index is 9.58. The molecular formula is C58H36N6. The van der Waals surface area contributed by atoms with Crippen LogP contribution in [0.1, 0.15) is 5.56 Å². The molecule has 6 nitrogen and oxygen atoms in total. The molecular weight excluding hydrogens is 781 g/mol. The third-order valence-electron chi connectivity index (χ3n) is 12.2. The van der Waals surface area contributed by atoms with Crippen LogP contribution in [0.2, 0.25) is 0 Å². The number of nitrogens with zero attached hydrogens (tertiary/aromatic N) is 6. The molecule has 3 heterocycles. The summed E-state index contributed by atoms with van der Waals surface area (Å²) >= 11 is 0. The number of para-hydroxylation sites is 3. The van der Waals surface area contributed by atoms with E-state index in [1.165, 1.54) is 21.9 Å². The van der Waals surface area contributed by atoms with E-state index in [-0.39, 0.29) is 0 Å². The van der Waals surface area contributed by atoms with Crippen molar-refractivity contribution >= 4 is 43.6 Å². The van der Waals surface area contributed by atoms with Gasteiger partial charge in [0.05, 0.1) is 39.4 Å².